The zero-order chi connectivity index (χ0) is 10.8. The summed E-state index contributed by atoms with van der Waals surface area (Å²) in [6.07, 6.45) is 3.36. The molecule has 2 fully saturated rings. The molecule has 2 aliphatic rings. The van der Waals surface area contributed by atoms with E-state index in [0.29, 0.717) is 12.6 Å². The van der Waals surface area contributed by atoms with Crippen LogP contribution in [0.2, 0.25) is 0 Å². The van der Waals surface area contributed by atoms with Crippen molar-refractivity contribution in [1.82, 2.24) is 15.1 Å². The van der Waals surface area contributed by atoms with Crippen LogP contribution in [0.1, 0.15) is 19.3 Å². The van der Waals surface area contributed by atoms with Gasteiger partial charge >= 0.3 is 6.03 Å². The third kappa shape index (κ3) is 2.28. The minimum Gasteiger partial charge on any atom is -0.310 e. The summed E-state index contributed by atoms with van der Waals surface area (Å²) >= 11 is 0. The third-order valence-electron chi connectivity index (χ3n) is 3.14. The average Bonchev–Trinajstić information content (AvgIpc) is 2.70. The average molecular weight is 210 g/mol. The van der Waals surface area contributed by atoms with E-state index in [9.17, 15) is 9.59 Å². The second kappa shape index (κ2) is 4.18. The summed E-state index contributed by atoms with van der Waals surface area (Å²) in [5, 5.41) is 2.23. The molecule has 1 radical (unpaired) electrons. The second-order valence-corrected chi connectivity index (χ2v) is 4.18. The molecule has 2 rings (SSSR count). The van der Waals surface area contributed by atoms with E-state index in [1.807, 2.05) is 0 Å². The number of nitrogens with one attached hydrogen (secondary N) is 1. The molecule has 3 amide bonds. The number of hydrogen-bond acceptors (Lipinski definition) is 3. The van der Waals surface area contributed by atoms with Crippen molar-refractivity contribution in [3.8, 4) is 0 Å². The van der Waals surface area contributed by atoms with E-state index in [-0.39, 0.29) is 11.9 Å². The maximum Gasteiger partial charge on any atom is 0.324 e. The molecule has 0 aromatic heterocycles. The topological polar surface area (TPSA) is 52.6 Å². The fourth-order valence-corrected chi connectivity index (χ4v) is 2.21. The zero-order valence-electron chi connectivity index (χ0n) is 8.90. The van der Waals surface area contributed by atoms with Gasteiger partial charge in [-0.1, -0.05) is 0 Å². The Balaban J connectivity index is 1.78. The predicted molar refractivity (Wildman–Crippen MR) is 54.8 cm³/mol. The number of amides is 3. The maximum absolute atomic E-state index is 11.2. The van der Waals surface area contributed by atoms with E-state index in [1.165, 1.54) is 24.3 Å². The molecule has 0 bridgehead atoms. The van der Waals surface area contributed by atoms with Gasteiger partial charge in [0.15, 0.2) is 0 Å². The molecule has 1 atom stereocenters. The molecular formula is C10H16N3O2. The Kier molecular flexibility index (Phi) is 2.90. The number of urea groups is 1. The first-order valence-corrected chi connectivity index (χ1v) is 5.33. The highest BCUT2D eigenvalue weighted by Crippen LogP contribution is 2.18. The van der Waals surface area contributed by atoms with Gasteiger partial charge < -0.3 is 9.80 Å². The van der Waals surface area contributed by atoms with E-state index in [4.69, 9.17) is 0 Å². The summed E-state index contributed by atoms with van der Waals surface area (Å²) in [7, 11) is 2.11. The summed E-state index contributed by atoms with van der Waals surface area (Å²) < 4.78 is 0. The van der Waals surface area contributed by atoms with E-state index in [1.54, 1.807) is 0 Å². The van der Waals surface area contributed by atoms with Crippen LogP contribution >= 0.6 is 0 Å². The van der Waals surface area contributed by atoms with Crippen LogP contribution in [-0.4, -0.2) is 47.9 Å². The minimum atomic E-state index is -0.306. The van der Waals surface area contributed by atoms with Crippen molar-refractivity contribution < 1.29 is 9.59 Å². The first kappa shape index (κ1) is 10.4. The van der Waals surface area contributed by atoms with Gasteiger partial charge in [0, 0.05) is 12.6 Å². The van der Waals surface area contributed by atoms with Gasteiger partial charge in [0.25, 0.3) is 5.91 Å². The Bertz CT molecular complexity index is 280. The molecule has 2 heterocycles. The number of imide groups is 1. The molecular weight excluding hydrogens is 194 g/mol. The highest BCUT2D eigenvalue weighted by atomic mass is 16.2. The van der Waals surface area contributed by atoms with Gasteiger partial charge in [0.1, 0.15) is 6.54 Å². The monoisotopic (exact) mass is 210 g/mol. The molecule has 2 aliphatic heterocycles. The lowest BCUT2D eigenvalue weighted by molar-refractivity contribution is -0.116. The maximum atomic E-state index is 11.2. The molecule has 83 valence electrons. The molecule has 5 heteroatoms. The number of likely N-dealkylation sites (tertiary alicyclic amines) is 1. The van der Waals surface area contributed by atoms with Crippen molar-refractivity contribution in [2.24, 2.45) is 0 Å². The summed E-state index contributed by atoms with van der Waals surface area (Å²) in [5.74, 6) is -0.306. The molecule has 0 saturated carbocycles. The van der Waals surface area contributed by atoms with Gasteiger partial charge in [-0.15, -0.1) is 0 Å². The molecule has 0 aromatic rings. The molecule has 1 unspecified atom stereocenters. The fraction of sp³-hybridized carbons (Fsp3) is 0.700. The summed E-state index contributed by atoms with van der Waals surface area (Å²) in [6, 6.07) is 0.266. The van der Waals surface area contributed by atoms with Gasteiger partial charge in [-0.3, -0.25) is 10.1 Å². The van der Waals surface area contributed by atoms with Crippen LogP contribution in [0, 0.1) is 6.54 Å². The zero-order valence-corrected chi connectivity index (χ0v) is 8.90. The Hall–Kier alpha value is -1.10. The molecule has 5 nitrogen and oxygen atoms in total. The first-order valence-electron chi connectivity index (χ1n) is 5.33. The minimum absolute atomic E-state index is 0.291. The molecule has 1 N–H and O–H groups in total. The van der Waals surface area contributed by atoms with Crippen LogP contribution in [0.5, 0.6) is 0 Å². The lowest BCUT2D eigenvalue weighted by Gasteiger charge is -2.21. The Morgan fingerprint density at radius 2 is 2.33 bits per heavy atom. The fourth-order valence-electron chi connectivity index (χ4n) is 2.21. The van der Waals surface area contributed by atoms with Crippen molar-refractivity contribution in [2.75, 3.05) is 20.1 Å². The lowest BCUT2D eigenvalue weighted by atomic mass is 10.1. The van der Waals surface area contributed by atoms with Gasteiger partial charge in [-0.05, 0) is 32.9 Å². The quantitative estimate of drug-likeness (QED) is 0.676. The van der Waals surface area contributed by atoms with E-state index >= 15 is 0 Å². The van der Waals surface area contributed by atoms with Crippen LogP contribution in [0.15, 0.2) is 0 Å². The second-order valence-electron chi connectivity index (χ2n) is 4.18. The largest absolute Gasteiger partial charge is 0.324 e. The molecule has 2 saturated heterocycles. The first-order chi connectivity index (χ1) is 7.16. The Morgan fingerprint density at radius 1 is 1.53 bits per heavy atom. The summed E-state index contributed by atoms with van der Waals surface area (Å²) in [6.45, 7) is 3.11. The van der Waals surface area contributed by atoms with Gasteiger partial charge in [-0.25, -0.2) is 4.79 Å². The SMILES string of the molecule is CN1CCCC1CCN1[CH]C(=O)NC1=O. The van der Waals surface area contributed by atoms with Gasteiger partial charge in [0.05, 0.1) is 0 Å². The van der Waals surface area contributed by atoms with Gasteiger partial charge in [0.2, 0.25) is 0 Å². The predicted octanol–water partition coefficient (Wildman–Crippen LogP) is 0.184. The molecule has 0 aromatic carbocycles. The standard InChI is InChI=1S/C10H16N3O2/c1-12-5-2-3-8(12)4-6-13-7-9(14)11-10(13)15/h7-8H,2-6H2,1H3,(H,11,14,15). The van der Waals surface area contributed by atoms with Crippen molar-refractivity contribution in [2.45, 2.75) is 25.3 Å². The normalized spacial score (nSPS) is 27.5. The van der Waals surface area contributed by atoms with Crippen molar-refractivity contribution in [1.29, 1.82) is 0 Å². The highest BCUT2D eigenvalue weighted by Gasteiger charge is 2.29. The Morgan fingerprint density at radius 3 is 2.87 bits per heavy atom. The van der Waals surface area contributed by atoms with Crippen LogP contribution in [-0.2, 0) is 4.79 Å². The summed E-state index contributed by atoms with van der Waals surface area (Å²) in [5.41, 5.74) is 0. The van der Waals surface area contributed by atoms with Crippen molar-refractivity contribution in [3.63, 3.8) is 0 Å². The molecule has 0 spiro atoms. The van der Waals surface area contributed by atoms with Crippen LogP contribution in [0.4, 0.5) is 4.79 Å². The number of carbonyl (C=O) groups is 2. The number of nitrogens with zero attached hydrogens (tertiary/aromatic N) is 2. The highest BCUT2D eigenvalue weighted by molar-refractivity contribution is 6.05. The van der Waals surface area contributed by atoms with E-state index < -0.39 is 0 Å². The van der Waals surface area contributed by atoms with Gasteiger partial charge in [-0.2, -0.15) is 0 Å². The third-order valence-corrected chi connectivity index (χ3v) is 3.14. The van der Waals surface area contributed by atoms with Crippen LogP contribution in [0.3, 0.4) is 0 Å². The molecule has 0 aliphatic carbocycles. The van der Waals surface area contributed by atoms with Crippen molar-refractivity contribution in [3.05, 3.63) is 6.54 Å². The van der Waals surface area contributed by atoms with Crippen molar-refractivity contribution >= 4 is 11.9 Å². The summed E-state index contributed by atoms with van der Waals surface area (Å²) in [4.78, 5) is 25.9. The number of carbonyl (C=O) groups excluding carboxylic acids is 2. The Labute approximate surface area is 89.4 Å². The van der Waals surface area contributed by atoms with E-state index in [2.05, 4.69) is 17.3 Å². The number of rotatable bonds is 3. The van der Waals surface area contributed by atoms with E-state index in [0.717, 1.165) is 13.0 Å². The lowest BCUT2D eigenvalue weighted by Crippen LogP contribution is -2.33. The number of hydrogen-bond donors (Lipinski definition) is 1. The van der Waals surface area contributed by atoms with Crippen LogP contribution in [0.25, 0.3) is 0 Å². The van der Waals surface area contributed by atoms with Crippen LogP contribution < -0.4 is 5.32 Å². The molecule has 15 heavy (non-hydrogen) atoms. The smallest absolute Gasteiger partial charge is 0.310 e.